The van der Waals surface area contributed by atoms with Crippen molar-refractivity contribution in [1.29, 1.82) is 0 Å². The van der Waals surface area contributed by atoms with Gasteiger partial charge in [0.05, 0.1) is 13.2 Å². The highest BCUT2D eigenvalue weighted by Crippen LogP contribution is 2.03. The van der Waals surface area contributed by atoms with Crippen LogP contribution in [0.3, 0.4) is 0 Å². The van der Waals surface area contributed by atoms with E-state index < -0.39 is 0 Å². The lowest BCUT2D eigenvalue weighted by atomic mass is 10.2. The van der Waals surface area contributed by atoms with Crippen LogP contribution >= 0.6 is 24.0 Å². The highest BCUT2D eigenvalue weighted by Gasteiger charge is 2.03. The number of nitrogens with zero attached hydrogens (tertiary/aromatic N) is 1. The lowest BCUT2D eigenvalue weighted by molar-refractivity contribution is -0.118. The molecular formula is C18H31IN4O2. The van der Waals surface area contributed by atoms with E-state index in [1.165, 1.54) is 12.5 Å². The van der Waals surface area contributed by atoms with Gasteiger partial charge in [-0.05, 0) is 18.4 Å². The highest BCUT2D eigenvalue weighted by molar-refractivity contribution is 14.0. The molecule has 0 saturated carbocycles. The zero-order valence-corrected chi connectivity index (χ0v) is 17.7. The first kappa shape index (κ1) is 23.6. The molecule has 25 heavy (non-hydrogen) atoms. The van der Waals surface area contributed by atoms with Gasteiger partial charge in [-0.2, -0.15) is 0 Å². The topological polar surface area (TPSA) is 74.8 Å². The molecule has 1 atom stereocenters. The number of halogens is 1. The Morgan fingerprint density at radius 1 is 1.16 bits per heavy atom. The van der Waals surface area contributed by atoms with Gasteiger partial charge in [-0.15, -0.1) is 24.0 Å². The maximum atomic E-state index is 10.8. The third-order valence-corrected chi connectivity index (χ3v) is 3.21. The minimum absolute atomic E-state index is 0. The largest absolute Gasteiger partial charge is 0.376 e. The molecule has 1 aromatic carbocycles. The van der Waals surface area contributed by atoms with Crippen LogP contribution in [0.2, 0.25) is 0 Å². The molecule has 1 amide bonds. The van der Waals surface area contributed by atoms with Crippen LogP contribution < -0.4 is 16.0 Å². The number of ether oxygens (including phenoxy) is 1. The molecule has 7 heteroatoms. The molecule has 0 fully saturated rings. The normalized spacial score (nSPS) is 12.0. The Morgan fingerprint density at radius 3 is 2.48 bits per heavy atom. The van der Waals surface area contributed by atoms with Crippen molar-refractivity contribution in [2.75, 3.05) is 32.8 Å². The molecule has 0 saturated heterocycles. The number of nitrogens with one attached hydrogen (secondary N) is 3. The van der Waals surface area contributed by atoms with Gasteiger partial charge in [0.1, 0.15) is 0 Å². The Balaban J connectivity index is 0.00000576. The molecule has 0 spiro atoms. The van der Waals surface area contributed by atoms with Gasteiger partial charge in [-0.1, -0.05) is 37.3 Å². The van der Waals surface area contributed by atoms with E-state index in [4.69, 9.17) is 4.74 Å². The Morgan fingerprint density at radius 2 is 1.84 bits per heavy atom. The zero-order chi connectivity index (χ0) is 17.6. The number of benzene rings is 1. The minimum atomic E-state index is -0.0251. The first-order chi connectivity index (χ1) is 11.6. The summed E-state index contributed by atoms with van der Waals surface area (Å²) in [6.45, 7) is 9.66. The van der Waals surface area contributed by atoms with E-state index in [2.05, 4.69) is 40.0 Å². The van der Waals surface area contributed by atoms with Crippen molar-refractivity contribution in [2.45, 2.75) is 27.4 Å². The number of hydrogen-bond donors (Lipinski definition) is 3. The molecule has 1 rings (SSSR count). The van der Waals surface area contributed by atoms with E-state index in [1.807, 2.05) is 25.1 Å². The van der Waals surface area contributed by atoms with E-state index in [0.717, 1.165) is 12.5 Å². The van der Waals surface area contributed by atoms with E-state index in [-0.39, 0.29) is 29.9 Å². The van der Waals surface area contributed by atoms with E-state index in [0.29, 0.717) is 38.8 Å². The average molecular weight is 462 g/mol. The molecule has 0 aliphatic rings. The van der Waals surface area contributed by atoms with Gasteiger partial charge < -0.3 is 20.7 Å². The molecular weight excluding hydrogens is 431 g/mol. The van der Waals surface area contributed by atoms with Gasteiger partial charge in [-0.3, -0.25) is 9.79 Å². The molecule has 3 N–H and O–H groups in total. The first-order valence-electron chi connectivity index (χ1n) is 8.50. The fourth-order valence-electron chi connectivity index (χ4n) is 2.01. The van der Waals surface area contributed by atoms with Crippen LogP contribution in [0, 0.1) is 5.92 Å². The van der Waals surface area contributed by atoms with Crippen molar-refractivity contribution in [1.82, 2.24) is 16.0 Å². The minimum Gasteiger partial charge on any atom is -0.376 e. The number of rotatable bonds is 10. The van der Waals surface area contributed by atoms with Crippen molar-refractivity contribution in [2.24, 2.45) is 10.9 Å². The molecule has 142 valence electrons. The zero-order valence-electron chi connectivity index (χ0n) is 15.4. The molecule has 0 aliphatic heterocycles. The summed E-state index contributed by atoms with van der Waals surface area (Å²) in [5.74, 6) is 1.07. The Bertz CT molecular complexity index is 497. The number of aliphatic imine (C=N–C) groups is 1. The Kier molecular flexibility index (Phi) is 14.1. The molecule has 0 radical (unpaired) electrons. The molecule has 6 nitrogen and oxygen atoms in total. The first-order valence-corrected chi connectivity index (χ1v) is 8.50. The fraction of sp³-hybridized carbons (Fsp3) is 0.556. The van der Waals surface area contributed by atoms with Crippen molar-refractivity contribution in [3.8, 4) is 0 Å². The summed E-state index contributed by atoms with van der Waals surface area (Å²) < 4.78 is 5.74. The van der Waals surface area contributed by atoms with Crippen LogP contribution in [-0.4, -0.2) is 44.7 Å². The van der Waals surface area contributed by atoms with Gasteiger partial charge in [0, 0.05) is 33.1 Å². The summed E-state index contributed by atoms with van der Waals surface area (Å²) in [6.07, 6.45) is 0. The predicted molar refractivity (Wildman–Crippen MR) is 113 cm³/mol. The number of carbonyl (C=O) groups excluding carboxylic acids is 1. The number of amides is 1. The second-order valence-electron chi connectivity index (χ2n) is 5.74. The van der Waals surface area contributed by atoms with Crippen LogP contribution in [0.25, 0.3) is 0 Å². The van der Waals surface area contributed by atoms with Gasteiger partial charge in [0.25, 0.3) is 0 Å². The molecule has 0 bridgehead atoms. The van der Waals surface area contributed by atoms with Crippen molar-refractivity contribution >= 4 is 35.8 Å². The molecule has 1 unspecified atom stereocenters. The Labute approximate surface area is 168 Å². The van der Waals surface area contributed by atoms with Gasteiger partial charge in [0.15, 0.2) is 5.96 Å². The summed E-state index contributed by atoms with van der Waals surface area (Å²) in [5, 5.41) is 9.14. The average Bonchev–Trinajstić information content (AvgIpc) is 2.57. The van der Waals surface area contributed by atoms with E-state index in [1.54, 1.807) is 0 Å². The number of carbonyl (C=O) groups is 1. The maximum absolute atomic E-state index is 10.8. The van der Waals surface area contributed by atoms with Crippen molar-refractivity contribution in [3.05, 3.63) is 35.9 Å². The summed E-state index contributed by atoms with van der Waals surface area (Å²) in [7, 11) is 0. The lowest BCUT2D eigenvalue weighted by Gasteiger charge is -2.14. The fourth-order valence-corrected chi connectivity index (χ4v) is 2.01. The molecule has 0 aliphatic carbocycles. The molecule has 1 aromatic rings. The third-order valence-electron chi connectivity index (χ3n) is 3.21. The van der Waals surface area contributed by atoms with Crippen LogP contribution in [0.15, 0.2) is 35.3 Å². The second-order valence-corrected chi connectivity index (χ2v) is 5.74. The molecule has 0 aromatic heterocycles. The quantitative estimate of drug-likeness (QED) is 0.216. The number of hydrogen-bond acceptors (Lipinski definition) is 3. The van der Waals surface area contributed by atoms with E-state index >= 15 is 0 Å². The Hall–Kier alpha value is -1.35. The SMILES string of the molecule is CCNC(=NCC(C)COCc1ccccc1)NCCNC(C)=O.I. The standard InChI is InChI=1S/C18H30N4O2.HI/c1-4-19-18(21-11-10-20-16(3)23)22-12-15(2)13-24-14-17-8-6-5-7-9-17;/h5-9,15H,4,10-14H2,1-3H3,(H,20,23)(H2,19,21,22);1H. The predicted octanol–water partition coefficient (Wildman–Crippen LogP) is 2.15. The summed E-state index contributed by atoms with van der Waals surface area (Å²) in [6, 6.07) is 10.2. The van der Waals surface area contributed by atoms with Gasteiger partial charge in [-0.25, -0.2) is 0 Å². The van der Waals surface area contributed by atoms with Gasteiger partial charge in [0.2, 0.25) is 5.91 Å². The molecule has 0 heterocycles. The second kappa shape index (κ2) is 14.9. The van der Waals surface area contributed by atoms with Crippen LogP contribution in [0.1, 0.15) is 26.3 Å². The monoisotopic (exact) mass is 462 g/mol. The smallest absolute Gasteiger partial charge is 0.216 e. The summed E-state index contributed by atoms with van der Waals surface area (Å²) in [5.41, 5.74) is 1.18. The number of guanidine groups is 1. The van der Waals surface area contributed by atoms with Crippen molar-refractivity contribution in [3.63, 3.8) is 0 Å². The van der Waals surface area contributed by atoms with Crippen molar-refractivity contribution < 1.29 is 9.53 Å². The highest BCUT2D eigenvalue weighted by atomic mass is 127. The van der Waals surface area contributed by atoms with E-state index in [9.17, 15) is 4.79 Å². The van der Waals surface area contributed by atoms with Gasteiger partial charge >= 0.3 is 0 Å². The van der Waals surface area contributed by atoms with Crippen LogP contribution in [-0.2, 0) is 16.1 Å². The van der Waals surface area contributed by atoms with Crippen LogP contribution in [0.5, 0.6) is 0 Å². The summed E-state index contributed by atoms with van der Waals surface area (Å²) >= 11 is 0. The lowest BCUT2D eigenvalue weighted by Crippen LogP contribution is -2.41. The third kappa shape index (κ3) is 12.6. The summed E-state index contributed by atoms with van der Waals surface area (Å²) in [4.78, 5) is 15.4. The maximum Gasteiger partial charge on any atom is 0.216 e. The van der Waals surface area contributed by atoms with Crippen LogP contribution in [0.4, 0.5) is 0 Å².